The molecule has 0 bridgehead atoms. The Bertz CT molecular complexity index is 598. The predicted octanol–water partition coefficient (Wildman–Crippen LogP) is 3.60. The maximum atomic E-state index is 12.4. The molecule has 2 rings (SSSR count). The normalized spacial score (nSPS) is 18.2. The maximum absolute atomic E-state index is 12.4. The molecule has 5 nitrogen and oxygen atoms in total. The first kappa shape index (κ1) is 18.6. The van der Waals surface area contributed by atoms with E-state index in [0.717, 1.165) is 18.4 Å². The fourth-order valence-corrected chi connectivity index (χ4v) is 2.85. The number of rotatable bonds is 3. The lowest BCUT2D eigenvalue weighted by atomic mass is 9.97. The molecule has 0 spiro atoms. The number of carbonyl (C=O) groups excluding carboxylic acids is 2. The number of halogens is 1. The molecular formula is C18H25ClN2O3. The van der Waals surface area contributed by atoms with Crippen LogP contribution >= 0.6 is 11.6 Å². The average molecular weight is 353 g/mol. The molecule has 24 heavy (non-hydrogen) atoms. The standard InChI is InChI=1S/C18H25ClN2O3/c1-18(2,3)24-17(23)21-10-6-8-14(12-21)16(22)20-11-13-7-4-5-9-15(13)19/h4-5,7,9,14H,6,8,10-12H2,1-3H3,(H,20,22)/t14-/m0/s1. The summed E-state index contributed by atoms with van der Waals surface area (Å²) in [5.74, 6) is -0.267. The van der Waals surface area contributed by atoms with Gasteiger partial charge in [0, 0.05) is 24.7 Å². The molecule has 1 atom stereocenters. The van der Waals surface area contributed by atoms with Gasteiger partial charge < -0.3 is 15.0 Å². The lowest BCUT2D eigenvalue weighted by Gasteiger charge is -2.33. The van der Waals surface area contributed by atoms with E-state index in [4.69, 9.17) is 16.3 Å². The zero-order valence-corrected chi connectivity index (χ0v) is 15.2. The highest BCUT2D eigenvalue weighted by Gasteiger charge is 2.30. The quantitative estimate of drug-likeness (QED) is 0.904. The van der Waals surface area contributed by atoms with Crippen LogP contribution in [0.2, 0.25) is 5.02 Å². The molecule has 1 saturated heterocycles. The minimum Gasteiger partial charge on any atom is -0.444 e. The third-order valence-corrected chi connectivity index (χ3v) is 4.22. The highest BCUT2D eigenvalue weighted by molar-refractivity contribution is 6.31. The highest BCUT2D eigenvalue weighted by Crippen LogP contribution is 2.20. The van der Waals surface area contributed by atoms with Crippen molar-refractivity contribution >= 4 is 23.6 Å². The maximum Gasteiger partial charge on any atom is 0.410 e. The minimum absolute atomic E-state index is 0.0526. The van der Waals surface area contributed by atoms with E-state index in [2.05, 4.69) is 5.32 Å². The van der Waals surface area contributed by atoms with Crippen molar-refractivity contribution in [2.24, 2.45) is 5.92 Å². The molecule has 1 aliphatic rings. The van der Waals surface area contributed by atoms with Crippen LogP contribution in [0.3, 0.4) is 0 Å². The molecular weight excluding hydrogens is 328 g/mol. The van der Waals surface area contributed by atoms with Crippen molar-refractivity contribution in [3.8, 4) is 0 Å². The van der Waals surface area contributed by atoms with Crippen molar-refractivity contribution in [2.45, 2.75) is 45.8 Å². The van der Waals surface area contributed by atoms with Crippen molar-refractivity contribution in [3.05, 3.63) is 34.9 Å². The van der Waals surface area contributed by atoms with Crippen LogP contribution in [-0.4, -0.2) is 35.6 Å². The van der Waals surface area contributed by atoms with Gasteiger partial charge >= 0.3 is 6.09 Å². The molecule has 0 aliphatic carbocycles. The van der Waals surface area contributed by atoms with Crippen molar-refractivity contribution in [2.75, 3.05) is 13.1 Å². The van der Waals surface area contributed by atoms with Crippen molar-refractivity contribution in [1.82, 2.24) is 10.2 Å². The number of benzene rings is 1. The van der Waals surface area contributed by atoms with Gasteiger partial charge in [-0.15, -0.1) is 0 Å². The molecule has 1 fully saturated rings. The fraction of sp³-hybridized carbons (Fsp3) is 0.556. The predicted molar refractivity (Wildman–Crippen MR) is 93.8 cm³/mol. The molecule has 2 amide bonds. The molecule has 0 aromatic heterocycles. The summed E-state index contributed by atoms with van der Waals surface area (Å²) in [5.41, 5.74) is 0.350. The van der Waals surface area contributed by atoms with Gasteiger partial charge in [0.1, 0.15) is 5.60 Å². The molecule has 1 aromatic rings. The van der Waals surface area contributed by atoms with Crippen LogP contribution in [0.5, 0.6) is 0 Å². The molecule has 0 radical (unpaired) electrons. The first-order valence-corrected chi connectivity index (χ1v) is 8.63. The second kappa shape index (κ2) is 7.88. The monoisotopic (exact) mass is 352 g/mol. The van der Waals surface area contributed by atoms with Gasteiger partial charge in [-0.3, -0.25) is 4.79 Å². The van der Waals surface area contributed by atoms with Crippen LogP contribution in [0, 0.1) is 5.92 Å². The summed E-state index contributed by atoms with van der Waals surface area (Å²) in [6, 6.07) is 7.43. The Kier molecular flexibility index (Phi) is 6.10. The Morgan fingerprint density at radius 2 is 2.04 bits per heavy atom. The van der Waals surface area contributed by atoms with E-state index in [9.17, 15) is 9.59 Å². The van der Waals surface area contributed by atoms with Gasteiger partial charge in [-0.1, -0.05) is 29.8 Å². The number of likely N-dealkylation sites (tertiary alicyclic amines) is 1. The summed E-state index contributed by atoms with van der Waals surface area (Å²) in [6.07, 6.45) is 1.21. The SMILES string of the molecule is CC(C)(C)OC(=O)N1CCC[C@H](C(=O)NCc2ccccc2Cl)C1. The summed E-state index contributed by atoms with van der Waals surface area (Å²) in [5, 5.41) is 3.55. The summed E-state index contributed by atoms with van der Waals surface area (Å²) in [4.78, 5) is 26.2. The Morgan fingerprint density at radius 3 is 2.71 bits per heavy atom. The van der Waals surface area contributed by atoms with Gasteiger partial charge in [0.2, 0.25) is 5.91 Å². The van der Waals surface area contributed by atoms with Crippen LogP contribution < -0.4 is 5.32 Å². The number of hydrogen-bond donors (Lipinski definition) is 1. The molecule has 132 valence electrons. The lowest BCUT2D eigenvalue weighted by Crippen LogP contribution is -2.46. The summed E-state index contributed by atoms with van der Waals surface area (Å²) < 4.78 is 5.39. The van der Waals surface area contributed by atoms with E-state index in [-0.39, 0.29) is 17.9 Å². The zero-order chi connectivity index (χ0) is 17.7. The first-order chi connectivity index (χ1) is 11.3. The Hall–Kier alpha value is -1.75. The van der Waals surface area contributed by atoms with Gasteiger partial charge in [0.05, 0.1) is 5.92 Å². The molecule has 1 aromatic carbocycles. The summed E-state index contributed by atoms with van der Waals surface area (Å²) >= 11 is 6.10. The van der Waals surface area contributed by atoms with E-state index in [1.165, 1.54) is 0 Å². The number of ether oxygens (including phenoxy) is 1. The topological polar surface area (TPSA) is 58.6 Å². The molecule has 6 heteroatoms. The lowest BCUT2D eigenvalue weighted by molar-refractivity contribution is -0.126. The van der Waals surface area contributed by atoms with Gasteiger partial charge in [-0.2, -0.15) is 0 Å². The van der Waals surface area contributed by atoms with Crippen molar-refractivity contribution in [1.29, 1.82) is 0 Å². The van der Waals surface area contributed by atoms with E-state index >= 15 is 0 Å². The van der Waals surface area contributed by atoms with Crippen molar-refractivity contribution < 1.29 is 14.3 Å². The largest absolute Gasteiger partial charge is 0.444 e. The minimum atomic E-state index is -0.531. The highest BCUT2D eigenvalue weighted by atomic mass is 35.5. The second-order valence-electron chi connectivity index (χ2n) is 7.07. The van der Waals surface area contributed by atoms with Crippen LogP contribution in [-0.2, 0) is 16.1 Å². The number of nitrogens with zero attached hydrogens (tertiary/aromatic N) is 1. The molecule has 0 unspecified atom stereocenters. The van der Waals surface area contributed by atoms with Gasteiger partial charge in [-0.25, -0.2) is 4.79 Å². The number of carbonyl (C=O) groups is 2. The summed E-state index contributed by atoms with van der Waals surface area (Å²) in [7, 11) is 0. The Labute approximate surface area is 148 Å². The third kappa shape index (κ3) is 5.41. The zero-order valence-electron chi connectivity index (χ0n) is 14.5. The van der Waals surface area contributed by atoms with Crippen LogP contribution in [0.4, 0.5) is 4.79 Å². The van der Waals surface area contributed by atoms with E-state index in [1.807, 2.05) is 39.0 Å². The van der Waals surface area contributed by atoms with E-state index in [1.54, 1.807) is 11.0 Å². The number of hydrogen-bond acceptors (Lipinski definition) is 3. The van der Waals surface area contributed by atoms with Crippen LogP contribution in [0.25, 0.3) is 0 Å². The first-order valence-electron chi connectivity index (χ1n) is 8.25. The second-order valence-corrected chi connectivity index (χ2v) is 7.48. The summed E-state index contributed by atoms with van der Waals surface area (Å²) in [6.45, 7) is 6.92. The molecule has 1 N–H and O–H groups in total. The number of nitrogens with one attached hydrogen (secondary N) is 1. The number of amides is 2. The average Bonchev–Trinajstić information content (AvgIpc) is 2.52. The Balaban J connectivity index is 1.88. The van der Waals surface area contributed by atoms with E-state index in [0.29, 0.717) is 24.7 Å². The fourth-order valence-electron chi connectivity index (χ4n) is 2.65. The molecule has 1 aliphatic heterocycles. The Morgan fingerprint density at radius 1 is 1.33 bits per heavy atom. The van der Waals surface area contributed by atoms with E-state index < -0.39 is 5.60 Å². The number of piperidine rings is 1. The van der Waals surface area contributed by atoms with Crippen LogP contribution in [0.1, 0.15) is 39.2 Å². The molecule has 0 saturated carbocycles. The smallest absolute Gasteiger partial charge is 0.410 e. The third-order valence-electron chi connectivity index (χ3n) is 3.85. The molecule has 1 heterocycles. The van der Waals surface area contributed by atoms with Crippen LogP contribution in [0.15, 0.2) is 24.3 Å². The van der Waals surface area contributed by atoms with Gasteiger partial charge in [-0.05, 0) is 45.2 Å². The van der Waals surface area contributed by atoms with Gasteiger partial charge in [0.25, 0.3) is 0 Å². The van der Waals surface area contributed by atoms with Gasteiger partial charge in [0.15, 0.2) is 0 Å². The van der Waals surface area contributed by atoms with Crippen molar-refractivity contribution in [3.63, 3.8) is 0 Å².